The molecule has 6 nitrogen and oxygen atoms in total. The summed E-state index contributed by atoms with van der Waals surface area (Å²) in [6.07, 6.45) is 2.55. The molecule has 6 heteroatoms. The van der Waals surface area contributed by atoms with Crippen LogP contribution in [-0.2, 0) is 16.1 Å². The predicted molar refractivity (Wildman–Crippen MR) is 96.1 cm³/mol. The molecule has 3 N–H and O–H groups in total. The highest BCUT2D eigenvalue weighted by molar-refractivity contribution is 5.79. The van der Waals surface area contributed by atoms with Crippen molar-refractivity contribution in [3.63, 3.8) is 0 Å². The normalized spacial score (nSPS) is 28.1. The fraction of sp³-hybridized carbons (Fsp3) is 0.632. The zero-order valence-electron chi connectivity index (χ0n) is 14.9. The summed E-state index contributed by atoms with van der Waals surface area (Å²) in [5, 5.41) is 9.57. The van der Waals surface area contributed by atoms with Crippen molar-refractivity contribution in [2.45, 2.75) is 38.0 Å². The van der Waals surface area contributed by atoms with E-state index in [4.69, 9.17) is 10.5 Å². The largest absolute Gasteiger partial charge is 0.508 e. The van der Waals surface area contributed by atoms with Crippen LogP contribution in [0.15, 0.2) is 24.3 Å². The van der Waals surface area contributed by atoms with E-state index in [1.54, 1.807) is 19.2 Å². The number of phenols is 1. The van der Waals surface area contributed by atoms with Crippen molar-refractivity contribution in [1.29, 1.82) is 0 Å². The number of ether oxygens (including phenoxy) is 1. The van der Waals surface area contributed by atoms with Gasteiger partial charge in [-0.15, -0.1) is 0 Å². The molecule has 0 aromatic heterocycles. The molecular formula is C19H29N3O3. The van der Waals surface area contributed by atoms with Gasteiger partial charge >= 0.3 is 0 Å². The van der Waals surface area contributed by atoms with E-state index in [1.165, 1.54) is 0 Å². The van der Waals surface area contributed by atoms with Crippen molar-refractivity contribution in [3.05, 3.63) is 29.8 Å². The lowest BCUT2D eigenvalue weighted by molar-refractivity contribution is -0.139. The average molecular weight is 347 g/mol. The van der Waals surface area contributed by atoms with Gasteiger partial charge in [-0.3, -0.25) is 9.69 Å². The third kappa shape index (κ3) is 4.51. The zero-order chi connectivity index (χ0) is 17.8. The van der Waals surface area contributed by atoms with E-state index in [1.807, 2.05) is 17.0 Å². The summed E-state index contributed by atoms with van der Waals surface area (Å²) in [4.78, 5) is 17.1. The molecule has 25 heavy (non-hydrogen) atoms. The van der Waals surface area contributed by atoms with Crippen LogP contribution in [0, 0.1) is 5.92 Å². The number of benzene rings is 1. The van der Waals surface area contributed by atoms with Crippen LogP contribution >= 0.6 is 0 Å². The number of hydrogen-bond donors (Lipinski definition) is 2. The molecule has 3 atom stereocenters. The summed E-state index contributed by atoms with van der Waals surface area (Å²) in [7, 11) is 1.69. The van der Waals surface area contributed by atoms with Crippen LogP contribution < -0.4 is 5.73 Å². The Hall–Kier alpha value is -1.63. The first-order valence-electron chi connectivity index (χ1n) is 9.14. The van der Waals surface area contributed by atoms with Gasteiger partial charge in [-0.1, -0.05) is 12.1 Å². The molecule has 3 rings (SSSR count). The lowest BCUT2D eigenvalue weighted by Crippen LogP contribution is -2.52. The number of phenolic OH excluding ortho intramolecular Hbond substituents is 1. The number of carbonyl (C=O) groups is 1. The Morgan fingerprint density at radius 3 is 2.68 bits per heavy atom. The summed E-state index contributed by atoms with van der Waals surface area (Å²) in [5.41, 5.74) is 7.24. The maximum atomic E-state index is 12.8. The SMILES string of the molecule is CO[C@@H]1CC[C@H](C(=O)N2CCN(Cc3cccc(O)c3)CC2)C[C@H]1N. The lowest BCUT2D eigenvalue weighted by Gasteiger charge is -2.39. The van der Waals surface area contributed by atoms with Crippen LogP contribution in [0.4, 0.5) is 0 Å². The summed E-state index contributed by atoms with van der Waals surface area (Å²) < 4.78 is 5.38. The predicted octanol–water partition coefficient (Wildman–Crippen LogP) is 1.18. The number of amides is 1. The minimum Gasteiger partial charge on any atom is -0.508 e. The number of piperazine rings is 1. The standard InChI is InChI=1S/C19H29N3O3/c1-25-18-6-5-15(12-17(18)20)19(24)22-9-7-21(8-10-22)13-14-3-2-4-16(23)11-14/h2-4,11,15,17-18,23H,5-10,12-13,20H2,1H3/t15-,17+,18+/m0/s1. The molecule has 1 aliphatic carbocycles. The number of nitrogens with zero attached hydrogens (tertiary/aromatic N) is 2. The second kappa shape index (κ2) is 8.17. The number of nitrogens with two attached hydrogens (primary N) is 1. The summed E-state index contributed by atoms with van der Waals surface area (Å²) in [5.74, 6) is 0.593. The third-order valence-corrected chi connectivity index (χ3v) is 5.49. The molecule has 1 aromatic carbocycles. The molecule has 2 fully saturated rings. The minimum atomic E-state index is -0.0419. The molecule has 0 spiro atoms. The van der Waals surface area contributed by atoms with Gasteiger partial charge in [-0.2, -0.15) is 0 Å². The number of rotatable bonds is 4. The summed E-state index contributed by atoms with van der Waals surface area (Å²) in [6, 6.07) is 7.33. The van der Waals surface area contributed by atoms with Crippen molar-refractivity contribution in [2.24, 2.45) is 11.7 Å². The zero-order valence-corrected chi connectivity index (χ0v) is 14.9. The van der Waals surface area contributed by atoms with E-state index in [-0.39, 0.29) is 24.0 Å². The highest BCUT2D eigenvalue weighted by Crippen LogP contribution is 2.27. The Bertz CT molecular complexity index is 587. The number of carbonyl (C=O) groups excluding carboxylic acids is 1. The van der Waals surface area contributed by atoms with Crippen molar-refractivity contribution in [2.75, 3.05) is 33.3 Å². The van der Waals surface area contributed by atoms with Crippen molar-refractivity contribution >= 4 is 5.91 Å². The molecule has 1 aromatic rings. The van der Waals surface area contributed by atoms with Crippen LogP contribution in [0.5, 0.6) is 5.75 Å². The monoisotopic (exact) mass is 347 g/mol. The maximum absolute atomic E-state index is 12.8. The first-order valence-corrected chi connectivity index (χ1v) is 9.14. The molecule has 138 valence electrons. The quantitative estimate of drug-likeness (QED) is 0.855. The molecule has 0 unspecified atom stereocenters. The van der Waals surface area contributed by atoms with E-state index < -0.39 is 0 Å². The van der Waals surface area contributed by atoms with E-state index in [0.29, 0.717) is 5.75 Å². The Morgan fingerprint density at radius 1 is 1.28 bits per heavy atom. The smallest absolute Gasteiger partial charge is 0.225 e. The highest BCUT2D eigenvalue weighted by atomic mass is 16.5. The van der Waals surface area contributed by atoms with Gasteiger partial charge in [0.05, 0.1) is 6.10 Å². The molecule has 0 radical (unpaired) electrons. The number of aromatic hydroxyl groups is 1. The summed E-state index contributed by atoms with van der Waals surface area (Å²) >= 11 is 0. The van der Waals surface area contributed by atoms with Crippen molar-refractivity contribution in [3.8, 4) is 5.75 Å². The van der Waals surface area contributed by atoms with Crippen LogP contribution in [0.2, 0.25) is 0 Å². The Kier molecular flexibility index (Phi) is 5.93. The number of methoxy groups -OCH3 is 1. The Morgan fingerprint density at radius 2 is 2.04 bits per heavy atom. The Labute approximate surface area is 149 Å². The fourth-order valence-electron chi connectivity index (χ4n) is 3.99. The molecule has 1 heterocycles. The van der Waals surface area contributed by atoms with Gasteiger partial charge in [0, 0.05) is 51.8 Å². The van der Waals surface area contributed by atoms with E-state index in [0.717, 1.165) is 57.5 Å². The molecule has 2 aliphatic rings. The molecule has 1 aliphatic heterocycles. The van der Waals surface area contributed by atoms with Gasteiger partial charge in [0.1, 0.15) is 5.75 Å². The van der Waals surface area contributed by atoms with E-state index >= 15 is 0 Å². The van der Waals surface area contributed by atoms with E-state index in [2.05, 4.69) is 4.90 Å². The first-order chi connectivity index (χ1) is 12.1. The van der Waals surface area contributed by atoms with Gasteiger partial charge in [-0.05, 0) is 37.0 Å². The molecule has 1 saturated carbocycles. The summed E-state index contributed by atoms with van der Waals surface area (Å²) in [6.45, 7) is 4.05. The van der Waals surface area contributed by atoms with Gasteiger partial charge in [0.2, 0.25) is 5.91 Å². The van der Waals surface area contributed by atoms with Gasteiger partial charge in [0.25, 0.3) is 0 Å². The molecule has 1 amide bonds. The van der Waals surface area contributed by atoms with Gasteiger partial charge in [-0.25, -0.2) is 0 Å². The van der Waals surface area contributed by atoms with Gasteiger partial charge in [0.15, 0.2) is 0 Å². The molecule has 0 bridgehead atoms. The van der Waals surface area contributed by atoms with Crippen molar-refractivity contribution in [1.82, 2.24) is 9.80 Å². The molecular weight excluding hydrogens is 318 g/mol. The van der Waals surface area contributed by atoms with Crippen LogP contribution in [0.25, 0.3) is 0 Å². The second-order valence-electron chi connectivity index (χ2n) is 7.22. The number of hydrogen-bond acceptors (Lipinski definition) is 5. The Balaban J connectivity index is 1.48. The molecule has 1 saturated heterocycles. The van der Waals surface area contributed by atoms with Crippen molar-refractivity contribution < 1.29 is 14.6 Å². The third-order valence-electron chi connectivity index (χ3n) is 5.49. The second-order valence-corrected chi connectivity index (χ2v) is 7.22. The topological polar surface area (TPSA) is 79.0 Å². The lowest BCUT2D eigenvalue weighted by atomic mass is 9.83. The average Bonchev–Trinajstić information content (AvgIpc) is 2.62. The highest BCUT2D eigenvalue weighted by Gasteiger charge is 2.34. The van der Waals surface area contributed by atoms with Crippen LogP contribution in [-0.4, -0.2) is 66.2 Å². The fourth-order valence-corrected chi connectivity index (χ4v) is 3.99. The van der Waals surface area contributed by atoms with Gasteiger partial charge < -0.3 is 20.5 Å². The maximum Gasteiger partial charge on any atom is 0.225 e. The van der Waals surface area contributed by atoms with E-state index in [9.17, 15) is 9.90 Å². The van der Waals surface area contributed by atoms with Crippen LogP contribution in [0.3, 0.4) is 0 Å². The minimum absolute atomic E-state index is 0.0408. The first kappa shape index (κ1) is 18.2. The van der Waals surface area contributed by atoms with Crippen LogP contribution in [0.1, 0.15) is 24.8 Å².